The molecule has 4 bridgehead atoms. The summed E-state index contributed by atoms with van der Waals surface area (Å²) in [5, 5.41) is 14.0. The van der Waals surface area contributed by atoms with Crippen LogP contribution in [0.4, 0.5) is 0 Å². The molecule has 6 rings (SSSR count). The zero-order valence-electron chi connectivity index (χ0n) is 18.7. The minimum absolute atomic E-state index is 0.00486. The van der Waals surface area contributed by atoms with Crippen LogP contribution in [0.1, 0.15) is 70.6 Å². The van der Waals surface area contributed by atoms with Crippen molar-refractivity contribution in [3.8, 4) is 0 Å². The largest absolute Gasteiger partial charge is 0.455 e. The van der Waals surface area contributed by atoms with Gasteiger partial charge in [-0.25, -0.2) is 0 Å². The molecular formula is C24H38N2O5. The topological polar surface area (TPSA) is 88.1 Å². The second-order valence-electron chi connectivity index (χ2n) is 11.2. The van der Waals surface area contributed by atoms with Gasteiger partial charge in [-0.3, -0.25) is 14.5 Å². The van der Waals surface area contributed by atoms with Gasteiger partial charge in [-0.2, -0.15) is 0 Å². The zero-order chi connectivity index (χ0) is 21.5. The molecule has 174 valence electrons. The summed E-state index contributed by atoms with van der Waals surface area (Å²) in [6, 6.07) is 0. The zero-order valence-corrected chi connectivity index (χ0v) is 18.7. The third kappa shape index (κ3) is 4.25. The monoisotopic (exact) mass is 434 g/mol. The fraction of sp³-hybridized carbons (Fsp3) is 0.917. The highest BCUT2D eigenvalue weighted by molar-refractivity contribution is 5.83. The van der Waals surface area contributed by atoms with Gasteiger partial charge in [0.15, 0.2) is 6.61 Å². The van der Waals surface area contributed by atoms with Crippen molar-refractivity contribution < 1.29 is 24.2 Å². The quantitative estimate of drug-likeness (QED) is 0.622. The fourth-order valence-corrected chi connectivity index (χ4v) is 7.90. The van der Waals surface area contributed by atoms with Crippen LogP contribution in [0.15, 0.2) is 0 Å². The lowest BCUT2D eigenvalue weighted by Crippen LogP contribution is -2.60. The molecule has 6 aliphatic rings. The third-order valence-electron chi connectivity index (χ3n) is 8.88. The molecule has 0 spiro atoms. The van der Waals surface area contributed by atoms with Gasteiger partial charge in [0, 0.05) is 25.2 Å². The first-order valence-corrected chi connectivity index (χ1v) is 12.4. The van der Waals surface area contributed by atoms with Crippen molar-refractivity contribution in [2.24, 2.45) is 17.3 Å². The summed E-state index contributed by atoms with van der Waals surface area (Å²) >= 11 is 0. The van der Waals surface area contributed by atoms with E-state index in [-0.39, 0.29) is 24.0 Å². The number of morpholine rings is 1. The summed E-state index contributed by atoms with van der Waals surface area (Å²) in [6.45, 7) is 3.73. The molecular weight excluding hydrogens is 396 g/mol. The summed E-state index contributed by atoms with van der Waals surface area (Å²) < 4.78 is 11.1. The van der Waals surface area contributed by atoms with Crippen LogP contribution in [0.2, 0.25) is 0 Å². The van der Waals surface area contributed by atoms with E-state index < -0.39 is 11.0 Å². The van der Waals surface area contributed by atoms with Crippen LogP contribution >= 0.6 is 0 Å². The number of ether oxygens (including phenoxy) is 2. The van der Waals surface area contributed by atoms with Crippen molar-refractivity contribution in [3.05, 3.63) is 0 Å². The fourth-order valence-electron chi connectivity index (χ4n) is 7.90. The van der Waals surface area contributed by atoms with Crippen LogP contribution in [0.3, 0.4) is 0 Å². The number of esters is 1. The van der Waals surface area contributed by atoms with E-state index in [1.807, 2.05) is 0 Å². The number of aliphatic hydroxyl groups is 1. The van der Waals surface area contributed by atoms with E-state index in [2.05, 4.69) is 10.2 Å². The van der Waals surface area contributed by atoms with E-state index in [0.717, 1.165) is 71.2 Å². The molecule has 0 aromatic carbocycles. The number of nitrogens with one attached hydrogen (secondary N) is 1. The smallest absolute Gasteiger partial charge is 0.312 e. The van der Waals surface area contributed by atoms with E-state index in [9.17, 15) is 14.7 Å². The van der Waals surface area contributed by atoms with Crippen LogP contribution in [0, 0.1) is 17.3 Å². The minimum atomic E-state index is -0.698. The third-order valence-corrected chi connectivity index (χ3v) is 8.88. The van der Waals surface area contributed by atoms with E-state index in [4.69, 9.17) is 9.47 Å². The molecule has 5 saturated carbocycles. The van der Waals surface area contributed by atoms with Crippen LogP contribution < -0.4 is 5.32 Å². The Hall–Kier alpha value is -1.18. The molecule has 0 radical (unpaired) electrons. The van der Waals surface area contributed by atoms with Crippen LogP contribution in [-0.2, 0) is 19.1 Å². The Morgan fingerprint density at radius 2 is 1.71 bits per heavy atom. The normalized spacial score (nSPS) is 39.3. The van der Waals surface area contributed by atoms with E-state index >= 15 is 0 Å². The number of nitrogens with zero attached hydrogens (tertiary/aromatic N) is 1. The van der Waals surface area contributed by atoms with Crippen molar-refractivity contribution in [3.63, 3.8) is 0 Å². The molecule has 7 heteroatoms. The summed E-state index contributed by atoms with van der Waals surface area (Å²) in [7, 11) is 0. The molecule has 2 atom stereocenters. The van der Waals surface area contributed by atoms with Gasteiger partial charge in [0.05, 0.1) is 24.2 Å². The van der Waals surface area contributed by atoms with Gasteiger partial charge in [0.2, 0.25) is 0 Å². The Morgan fingerprint density at radius 3 is 2.35 bits per heavy atom. The standard InChI is InChI=1S/C24H38N2O5/c27-20(25-17-23(4-2-1-3-5-23)26-6-8-30-9-7-26)15-31-21(28)22-11-18-10-19(12-22)14-24(29,13-18)16-22/h18-19,29H,1-17H2,(H,25,27). The molecule has 31 heavy (non-hydrogen) atoms. The van der Waals surface area contributed by atoms with E-state index in [1.54, 1.807) is 0 Å². The number of hydrogen-bond donors (Lipinski definition) is 2. The van der Waals surface area contributed by atoms with Crippen molar-refractivity contribution in [2.75, 3.05) is 39.5 Å². The van der Waals surface area contributed by atoms with Gasteiger partial charge in [0.25, 0.3) is 5.91 Å². The molecule has 1 aliphatic heterocycles. The number of hydrogen-bond acceptors (Lipinski definition) is 6. The van der Waals surface area contributed by atoms with Crippen molar-refractivity contribution in [1.82, 2.24) is 10.2 Å². The average Bonchev–Trinajstić information content (AvgIpc) is 2.75. The molecule has 2 N–H and O–H groups in total. The molecule has 1 amide bonds. The highest BCUT2D eigenvalue weighted by Gasteiger charge is 2.61. The maximum atomic E-state index is 13.0. The number of carbonyl (C=O) groups excluding carboxylic acids is 2. The average molecular weight is 435 g/mol. The maximum absolute atomic E-state index is 13.0. The molecule has 1 saturated heterocycles. The molecule has 6 fully saturated rings. The first-order chi connectivity index (χ1) is 14.9. The Labute approximate surface area is 185 Å². The SMILES string of the molecule is O=C(COC(=O)C12CC3CC(CC(O)(C3)C1)C2)NCC1(N2CCOCC2)CCCCC1. The number of carbonyl (C=O) groups is 2. The molecule has 2 unspecified atom stereocenters. The number of rotatable bonds is 6. The van der Waals surface area contributed by atoms with Crippen molar-refractivity contribution >= 4 is 11.9 Å². The molecule has 1 heterocycles. The van der Waals surface area contributed by atoms with Gasteiger partial charge in [-0.05, 0) is 63.2 Å². The van der Waals surface area contributed by atoms with Gasteiger partial charge in [0.1, 0.15) is 0 Å². The number of amides is 1. The van der Waals surface area contributed by atoms with Gasteiger partial charge < -0.3 is 19.9 Å². The lowest BCUT2D eigenvalue weighted by Gasteiger charge is -2.58. The second-order valence-corrected chi connectivity index (χ2v) is 11.2. The van der Waals surface area contributed by atoms with Crippen molar-refractivity contribution in [1.29, 1.82) is 0 Å². The molecule has 0 aromatic rings. The molecule has 0 aromatic heterocycles. The highest BCUT2D eigenvalue weighted by Crippen LogP contribution is 2.61. The highest BCUT2D eigenvalue weighted by atomic mass is 16.5. The second kappa shape index (κ2) is 8.31. The summed E-state index contributed by atoms with van der Waals surface area (Å²) in [5.41, 5.74) is -1.26. The minimum Gasteiger partial charge on any atom is -0.455 e. The Morgan fingerprint density at radius 1 is 1.03 bits per heavy atom. The maximum Gasteiger partial charge on any atom is 0.312 e. The van der Waals surface area contributed by atoms with E-state index in [1.165, 1.54) is 19.3 Å². The van der Waals surface area contributed by atoms with Crippen LogP contribution in [-0.4, -0.2) is 72.5 Å². The first-order valence-electron chi connectivity index (χ1n) is 12.4. The Bertz CT molecular complexity index is 684. The lowest BCUT2D eigenvalue weighted by molar-refractivity contribution is -0.196. The predicted octanol–water partition coefficient (Wildman–Crippen LogP) is 2.01. The van der Waals surface area contributed by atoms with Crippen LogP contribution in [0.5, 0.6) is 0 Å². The molecule has 7 nitrogen and oxygen atoms in total. The van der Waals surface area contributed by atoms with Crippen LogP contribution in [0.25, 0.3) is 0 Å². The summed E-state index contributed by atoms with van der Waals surface area (Å²) in [6.07, 6.45) is 10.7. The first kappa shape index (κ1) is 21.7. The van der Waals surface area contributed by atoms with Gasteiger partial charge in [-0.15, -0.1) is 0 Å². The van der Waals surface area contributed by atoms with Gasteiger partial charge in [-0.1, -0.05) is 19.3 Å². The predicted molar refractivity (Wildman–Crippen MR) is 114 cm³/mol. The lowest BCUT2D eigenvalue weighted by atomic mass is 9.48. The van der Waals surface area contributed by atoms with Crippen molar-refractivity contribution in [2.45, 2.75) is 81.8 Å². The summed E-state index contributed by atoms with van der Waals surface area (Å²) in [5.74, 6) is 0.366. The summed E-state index contributed by atoms with van der Waals surface area (Å²) in [4.78, 5) is 28.1. The van der Waals surface area contributed by atoms with Gasteiger partial charge >= 0.3 is 5.97 Å². The van der Waals surface area contributed by atoms with E-state index in [0.29, 0.717) is 24.8 Å². The Kier molecular flexibility index (Phi) is 5.80. The molecule has 5 aliphatic carbocycles. The Balaban J connectivity index is 1.15.